The van der Waals surface area contributed by atoms with Crippen LogP contribution in [0.2, 0.25) is 0 Å². The summed E-state index contributed by atoms with van der Waals surface area (Å²) in [6.07, 6.45) is -0.903. The first-order chi connectivity index (χ1) is 37.8. The van der Waals surface area contributed by atoms with E-state index < -0.39 is 149 Å². The van der Waals surface area contributed by atoms with Crippen molar-refractivity contribution in [2.45, 2.75) is 188 Å². The third-order valence-corrected chi connectivity index (χ3v) is 15.9. The maximum absolute atomic E-state index is 15.3. The molecule has 2 aliphatic heterocycles. The van der Waals surface area contributed by atoms with Gasteiger partial charge >= 0.3 is 5.97 Å². The summed E-state index contributed by atoms with van der Waals surface area (Å²) >= 11 is 0. The maximum Gasteiger partial charge on any atom is 0.332 e. The van der Waals surface area contributed by atoms with Gasteiger partial charge in [0.1, 0.15) is 53.9 Å². The highest BCUT2D eigenvalue weighted by molar-refractivity contribution is 5.99. The van der Waals surface area contributed by atoms with Crippen LogP contribution in [0.4, 0.5) is 8.78 Å². The zero-order chi connectivity index (χ0) is 61.1. The predicted octanol–water partition coefficient (Wildman–Crippen LogP) is 4.65. The van der Waals surface area contributed by atoms with Crippen molar-refractivity contribution < 1.29 is 61.8 Å². The molecule has 2 fully saturated rings. The molecule has 11 atom stereocenters. The highest BCUT2D eigenvalue weighted by Gasteiger charge is 2.48. The average molecular weight is 1140 g/mol. The molecule has 2 saturated heterocycles. The summed E-state index contributed by atoms with van der Waals surface area (Å²) in [5, 5.41) is 20.2. The van der Waals surface area contributed by atoms with Gasteiger partial charge in [0, 0.05) is 53.5 Å². The molecule has 2 aromatic rings. The Morgan fingerprint density at radius 2 is 1.11 bits per heavy atom. The van der Waals surface area contributed by atoms with Gasteiger partial charge in [-0.3, -0.25) is 38.4 Å². The maximum atomic E-state index is 15.3. The van der Waals surface area contributed by atoms with E-state index in [0.717, 1.165) is 14.7 Å². The van der Waals surface area contributed by atoms with Gasteiger partial charge in [0.25, 0.3) is 5.91 Å². The number of carbonyl (C=O) groups excluding carboxylic acids is 9. The van der Waals surface area contributed by atoms with Crippen molar-refractivity contribution in [1.29, 1.82) is 0 Å². The number of ether oxygens (including phenoxy) is 1. The molecule has 8 amide bonds. The lowest BCUT2D eigenvalue weighted by molar-refractivity contribution is -0.177. The van der Waals surface area contributed by atoms with Crippen molar-refractivity contribution in [2.75, 3.05) is 34.7 Å². The molecule has 0 radical (unpaired) electrons. The molecule has 450 valence electrons. The molecule has 4 N–H and O–H groups in total. The lowest BCUT2D eigenvalue weighted by Crippen LogP contribution is -2.63. The van der Waals surface area contributed by atoms with E-state index in [2.05, 4.69) is 16.0 Å². The van der Waals surface area contributed by atoms with E-state index >= 15 is 9.59 Å². The number of amides is 8. The minimum Gasteiger partial charge on any atom is -0.450 e. The van der Waals surface area contributed by atoms with Gasteiger partial charge in [-0.05, 0) is 98.6 Å². The normalized spacial score (nSPS) is 26.2. The van der Waals surface area contributed by atoms with Gasteiger partial charge < -0.3 is 50.3 Å². The molecule has 0 bridgehead atoms. The van der Waals surface area contributed by atoms with Crippen molar-refractivity contribution >= 4 is 53.2 Å². The van der Waals surface area contributed by atoms with Crippen molar-refractivity contribution in [3.8, 4) is 0 Å². The molecule has 2 heterocycles. The molecule has 0 spiro atoms. The van der Waals surface area contributed by atoms with Crippen molar-refractivity contribution in [3.63, 3.8) is 0 Å². The Morgan fingerprint density at radius 1 is 0.617 bits per heavy atom. The zero-order valence-corrected chi connectivity index (χ0v) is 50.4. The predicted molar refractivity (Wildman–Crippen MR) is 301 cm³/mol. The fourth-order valence-electron chi connectivity index (χ4n) is 11.1. The smallest absolute Gasteiger partial charge is 0.332 e. The molecule has 0 saturated carbocycles. The Hall–Kier alpha value is -6.51. The number of halogens is 2. The van der Waals surface area contributed by atoms with Gasteiger partial charge in [-0.15, -0.1) is 0 Å². The molecule has 19 nitrogen and oxygen atoms in total. The van der Waals surface area contributed by atoms with Crippen LogP contribution in [0.3, 0.4) is 0 Å². The SMILES string of the molecule is CC[C@@H](C)[C@H]1OC(=O)[C@H](C(C)(C)O)N(C)C(=O)[C@H](CC(C)C)NC(=O)[C@H](C(C)C)N(C)C(=O)[C@H]([C@@H](C)CC)NC(=O)[C@@H]2CCCN2C(=O)[C@H](Cc2cccc(F)c2)N(C)C(=O)[C@H](Cc2cccc(F)c2)NC(=O)[C@H](C(C)C)N(C)C1=O. The van der Waals surface area contributed by atoms with E-state index in [4.69, 9.17) is 4.74 Å². The fourth-order valence-corrected chi connectivity index (χ4v) is 11.1. The first kappa shape index (κ1) is 67.0. The van der Waals surface area contributed by atoms with Crippen LogP contribution in [-0.2, 0) is 60.7 Å². The first-order valence-electron chi connectivity index (χ1n) is 28.5. The second kappa shape index (κ2) is 29.0. The Morgan fingerprint density at radius 3 is 1.59 bits per heavy atom. The minimum atomic E-state index is -2.01. The Labute approximate surface area is 477 Å². The number of rotatable bonds is 13. The van der Waals surface area contributed by atoms with Gasteiger partial charge in [-0.1, -0.05) is 99.9 Å². The summed E-state index contributed by atoms with van der Waals surface area (Å²) in [6, 6.07) is -0.180. The second-order valence-corrected chi connectivity index (χ2v) is 24.0. The Bertz CT molecular complexity index is 2570. The van der Waals surface area contributed by atoms with Gasteiger partial charge in [-0.25, -0.2) is 13.6 Å². The van der Waals surface area contributed by atoms with E-state index in [1.165, 1.54) is 88.2 Å². The minimum absolute atomic E-state index is 0.0537. The van der Waals surface area contributed by atoms with Crippen LogP contribution in [0, 0.1) is 41.2 Å². The van der Waals surface area contributed by atoms with E-state index in [1.807, 2.05) is 20.8 Å². The number of aliphatic hydroxyl groups is 1. The molecule has 2 aromatic carbocycles. The molecule has 0 aromatic heterocycles. The summed E-state index contributed by atoms with van der Waals surface area (Å²) in [4.78, 5) is 140. The highest BCUT2D eigenvalue weighted by atomic mass is 19.1. The van der Waals surface area contributed by atoms with Crippen LogP contribution in [0.5, 0.6) is 0 Å². The Balaban J connectivity index is 2.00. The summed E-state index contributed by atoms with van der Waals surface area (Å²) < 4.78 is 35.8. The van der Waals surface area contributed by atoms with Gasteiger partial charge in [-0.2, -0.15) is 0 Å². The highest BCUT2D eigenvalue weighted by Crippen LogP contribution is 2.28. The van der Waals surface area contributed by atoms with E-state index in [1.54, 1.807) is 60.6 Å². The number of hydrogen-bond donors (Lipinski definition) is 4. The molecule has 0 aliphatic carbocycles. The molecule has 81 heavy (non-hydrogen) atoms. The summed E-state index contributed by atoms with van der Waals surface area (Å²) in [5.74, 6) is -11.1. The van der Waals surface area contributed by atoms with Crippen LogP contribution in [-0.4, -0.2) is 178 Å². The zero-order valence-electron chi connectivity index (χ0n) is 50.4. The van der Waals surface area contributed by atoms with Crippen LogP contribution in [0.1, 0.15) is 126 Å². The molecular weight excluding hydrogens is 1050 g/mol. The van der Waals surface area contributed by atoms with Crippen LogP contribution < -0.4 is 16.0 Å². The molecule has 2 aliphatic rings. The number of carbonyl (C=O) groups is 9. The van der Waals surface area contributed by atoms with E-state index in [0.29, 0.717) is 18.4 Å². The van der Waals surface area contributed by atoms with Crippen LogP contribution in [0.15, 0.2) is 48.5 Å². The molecule has 21 heteroatoms. The number of esters is 1. The van der Waals surface area contributed by atoms with Gasteiger partial charge in [0.15, 0.2) is 12.1 Å². The standard InChI is InChI=1S/C60H90F2N8O11/c1-17-36(9)46-57(77)67(14)47(34(5)6)52(72)63-42(28-33(3)4)55(75)69(16)50(60(11,12)80)59(79)81-49(37(10)18-2)58(78)68(15)48(35(7)8)53(73)64-43(31-38-22-19-24-40(61)29-38)54(74)66(13)45(32-39-23-20-25-41(62)30-39)56(76)70-27-21-26-44(70)51(71)65-46/h19-20,22-25,29-30,33-37,42-50,80H,17-18,21,26-28,31-32H2,1-16H3,(H,63,72)(H,64,73)(H,65,71)/t36-,37+,42-,43-,44-,45-,46-,47-,48-,49+,50+/m0/s1. The summed E-state index contributed by atoms with van der Waals surface area (Å²) in [7, 11) is 5.36. The van der Waals surface area contributed by atoms with E-state index in [-0.39, 0.29) is 50.1 Å². The van der Waals surface area contributed by atoms with Crippen LogP contribution >= 0.6 is 0 Å². The van der Waals surface area contributed by atoms with Gasteiger partial charge in [0.2, 0.25) is 41.4 Å². The lowest BCUT2D eigenvalue weighted by Gasteiger charge is -2.39. The van der Waals surface area contributed by atoms with Crippen LogP contribution in [0.25, 0.3) is 0 Å². The van der Waals surface area contributed by atoms with Crippen molar-refractivity contribution in [2.24, 2.45) is 29.6 Å². The monoisotopic (exact) mass is 1140 g/mol. The molecular formula is C60H90F2N8O11. The van der Waals surface area contributed by atoms with Gasteiger partial charge in [0.05, 0.1) is 5.60 Å². The van der Waals surface area contributed by atoms with E-state index in [9.17, 15) is 47.4 Å². The topological polar surface area (TPSA) is 235 Å². The summed E-state index contributed by atoms with van der Waals surface area (Å²) in [5.41, 5.74) is -1.41. The molecule has 0 unspecified atom stereocenters. The number of benzene rings is 2. The number of nitrogens with zero attached hydrogens (tertiary/aromatic N) is 5. The number of likely N-dealkylation sites (N-methyl/N-ethyl adjacent to an activating group) is 4. The Kier molecular flexibility index (Phi) is 23.9. The van der Waals surface area contributed by atoms with Crippen molar-refractivity contribution in [3.05, 3.63) is 71.3 Å². The lowest BCUT2D eigenvalue weighted by atomic mass is 9.93. The first-order valence-corrected chi connectivity index (χ1v) is 28.5. The number of hydrogen-bond acceptors (Lipinski definition) is 11. The summed E-state index contributed by atoms with van der Waals surface area (Å²) in [6.45, 7) is 20.0. The third-order valence-electron chi connectivity index (χ3n) is 15.9. The average Bonchev–Trinajstić information content (AvgIpc) is 3.88. The number of nitrogens with one attached hydrogen (secondary N) is 3. The number of fused-ring (bicyclic) bond motifs is 1. The number of cyclic esters (lactones) is 1. The fraction of sp³-hybridized carbons (Fsp3) is 0.650. The van der Waals surface area contributed by atoms with Crippen molar-refractivity contribution in [1.82, 2.24) is 40.4 Å². The largest absolute Gasteiger partial charge is 0.450 e. The second-order valence-electron chi connectivity index (χ2n) is 24.0. The third kappa shape index (κ3) is 16.8. The molecule has 4 rings (SSSR count). The quantitative estimate of drug-likeness (QED) is 0.202.